The molecule has 1 fully saturated rings. The fraction of sp³-hybridized carbons (Fsp3) is 0.529. The number of methoxy groups -OCH3 is 1. The maximum Gasteiger partial charge on any atom is 0.253 e. The molecule has 1 aromatic carbocycles. The number of benzene rings is 1. The van der Waals surface area contributed by atoms with Crippen LogP contribution in [0.25, 0.3) is 0 Å². The molecule has 140 valence electrons. The number of amides is 2. The minimum Gasteiger partial charge on any atom is -0.381 e. The van der Waals surface area contributed by atoms with Crippen LogP contribution in [0.3, 0.4) is 0 Å². The number of ether oxygens (including phenoxy) is 2. The van der Waals surface area contributed by atoms with Crippen LogP contribution in [-0.2, 0) is 19.1 Å². The molecule has 0 radical (unpaired) electrons. The third-order valence-corrected chi connectivity index (χ3v) is 4.43. The van der Waals surface area contributed by atoms with E-state index in [9.17, 15) is 9.59 Å². The first-order valence-electron chi connectivity index (χ1n) is 8.04. The summed E-state index contributed by atoms with van der Waals surface area (Å²) in [5.74, 6) is -0.356. The zero-order valence-corrected chi connectivity index (χ0v) is 15.4. The summed E-state index contributed by atoms with van der Waals surface area (Å²) in [4.78, 5) is 24.5. The standard InChI is InChI=1S/C17H25N3O4.ClH/c1-12(23-2)15(21)19-13-4-3-5-14(10-13)20-16(22)17(11-18)6-8-24-9-7-17;/h3-5,10,12H,6-9,11,18H2,1-2H3,(H,19,21)(H,20,22);1H. The molecule has 1 atom stereocenters. The summed E-state index contributed by atoms with van der Waals surface area (Å²) >= 11 is 0. The molecule has 0 bridgehead atoms. The molecule has 25 heavy (non-hydrogen) atoms. The van der Waals surface area contributed by atoms with Crippen molar-refractivity contribution in [3.8, 4) is 0 Å². The van der Waals surface area contributed by atoms with Crippen LogP contribution in [0.4, 0.5) is 11.4 Å². The Balaban J connectivity index is 0.00000312. The molecule has 2 rings (SSSR count). The SMILES string of the molecule is COC(C)C(=O)Nc1cccc(NC(=O)C2(CN)CCOCC2)c1.Cl. The molecule has 1 saturated heterocycles. The highest BCUT2D eigenvalue weighted by Crippen LogP contribution is 2.31. The van der Waals surface area contributed by atoms with E-state index in [-0.39, 0.29) is 30.8 Å². The topological polar surface area (TPSA) is 103 Å². The van der Waals surface area contributed by atoms with E-state index >= 15 is 0 Å². The summed E-state index contributed by atoms with van der Waals surface area (Å²) in [6.45, 7) is 3.02. The van der Waals surface area contributed by atoms with Gasteiger partial charge in [0.25, 0.3) is 5.91 Å². The molecule has 1 aliphatic heterocycles. The van der Waals surface area contributed by atoms with Gasteiger partial charge >= 0.3 is 0 Å². The second-order valence-electron chi connectivity index (χ2n) is 6.00. The van der Waals surface area contributed by atoms with Crippen molar-refractivity contribution in [2.24, 2.45) is 11.1 Å². The zero-order valence-electron chi connectivity index (χ0n) is 14.5. The Kier molecular flexibility index (Phi) is 8.31. The molecule has 2 amide bonds. The molecular weight excluding hydrogens is 346 g/mol. The molecule has 1 heterocycles. The van der Waals surface area contributed by atoms with Gasteiger partial charge in [-0.05, 0) is 38.0 Å². The zero-order chi connectivity index (χ0) is 17.6. The number of nitrogens with two attached hydrogens (primary N) is 1. The summed E-state index contributed by atoms with van der Waals surface area (Å²) < 4.78 is 10.3. The van der Waals surface area contributed by atoms with Gasteiger partial charge in [0, 0.05) is 38.2 Å². The first kappa shape index (κ1) is 21.4. The highest BCUT2D eigenvalue weighted by Gasteiger charge is 2.38. The van der Waals surface area contributed by atoms with E-state index in [4.69, 9.17) is 15.2 Å². The lowest BCUT2D eigenvalue weighted by Crippen LogP contribution is -2.46. The van der Waals surface area contributed by atoms with Crippen LogP contribution in [0, 0.1) is 5.41 Å². The van der Waals surface area contributed by atoms with Gasteiger partial charge in [-0.15, -0.1) is 12.4 Å². The fourth-order valence-corrected chi connectivity index (χ4v) is 2.58. The highest BCUT2D eigenvalue weighted by atomic mass is 35.5. The minimum absolute atomic E-state index is 0. The molecular formula is C17H26ClN3O4. The Morgan fingerprint density at radius 1 is 1.28 bits per heavy atom. The van der Waals surface area contributed by atoms with Gasteiger partial charge in [0.05, 0.1) is 5.41 Å². The number of anilines is 2. The van der Waals surface area contributed by atoms with Gasteiger partial charge in [-0.2, -0.15) is 0 Å². The number of hydrogen-bond donors (Lipinski definition) is 3. The van der Waals surface area contributed by atoms with Crippen LogP contribution in [0.2, 0.25) is 0 Å². The number of rotatable bonds is 6. The van der Waals surface area contributed by atoms with Crippen molar-refractivity contribution in [2.45, 2.75) is 25.9 Å². The lowest BCUT2D eigenvalue weighted by atomic mass is 9.79. The normalized spacial score (nSPS) is 17.1. The van der Waals surface area contributed by atoms with Crippen molar-refractivity contribution in [1.29, 1.82) is 0 Å². The van der Waals surface area contributed by atoms with E-state index in [1.807, 2.05) is 0 Å². The molecule has 1 unspecified atom stereocenters. The molecule has 0 spiro atoms. The summed E-state index contributed by atoms with van der Waals surface area (Å²) in [5, 5.41) is 5.65. The van der Waals surface area contributed by atoms with Gasteiger partial charge in [-0.25, -0.2) is 0 Å². The van der Waals surface area contributed by atoms with Gasteiger partial charge < -0.3 is 25.8 Å². The van der Waals surface area contributed by atoms with E-state index in [0.717, 1.165) is 0 Å². The third kappa shape index (κ3) is 5.40. The van der Waals surface area contributed by atoms with Crippen LogP contribution in [0.1, 0.15) is 19.8 Å². The maximum atomic E-state index is 12.7. The monoisotopic (exact) mass is 371 g/mol. The molecule has 1 aromatic rings. The van der Waals surface area contributed by atoms with Crippen LogP contribution in [0.15, 0.2) is 24.3 Å². The first-order chi connectivity index (χ1) is 11.5. The lowest BCUT2D eigenvalue weighted by Gasteiger charge is -2.34. The quantitative estimate of drug-likeness (QED) is 0.707. The number of hydrogen-bond acceptors (Lipinski definition) is 5. The maximum absolute atomic E-state index is 12.7. The van der Waals surface area contributed by atoms with Crippen molar-refractivity contribution >= 4 is 35.6 Å². The van der Waals surface area contributed by atoms with Crippen molar-refractivity contribution in [3.05, 3.63) is 24.3 Å². The van der Waals surface area contributed by atoms with E-state index in [2.05, 4.69) is 10.6 Å². The van der Waals surface area contributed by atoms with E-state index < -0.39 is 11.5 Å². The fourth-order valence-electron chi connectivity index (χ4n) is 2.58. The summed E-state index contributed by atoms with van der Waals surface area (Å²) in [7, 11) is 1.47. The lowest BCUT2D eigenvalue weighted by molar-refractivity contribution is -0.130. The predicted octanol–water partition coefficient (Wildman–Crippen LogP) is 1.78. The third-order valence-electron chi connectivity index (χ3n) is 4.43. The van der Waals surface area contributed by atoms with Crippen molar-refractivity contribution in [3.63, 3.8) is 0 Å². The van der Waals surface area contributed by atoms with Crippen molar-refractivity contribution in [2.75, 3.05) is 37.5 Å². The molecule has 8 heteroatoms. The van der Waals surface area contributed by atoms with E-state index in [0.29, 0.717) is 37.4 Å². The van der Waals surface area contributed by atoms with E-state index in [1.165, 1.54) is 7.11 Å². The molecule has 4 N–H and O–H groups in total. The Bertz CT molecular complexity index is 591. The Morgan fingerprint density at radius 2 is 1.88 bits per heavy atom. The Labute approximate surface area is 154 Å². The van der Waals surface area contributed by atoms with Gasteiger partial charge in [0.2, 0.25) is 5.91 Å². The van der Waals surface area contributed by atoms with Crippen LogP contribution in [0.5, 0.6) is 0 Å². The van der Waals surface area contributed by atoms with Gasteiger partial charge in [0.15, 0.2) is 0 Å². The Morgan fingerprint density at radius 3 is 2.44 bits per heavy atom. The molecule has 7 nitrogen and oxygen atoms in total. The van der Waals surface area contributed by atoms with Crippen LogP contribution < -0.4 is 16.4 Å². The number of halogens is 1. The number of carbonyl (C=O) groups is 2. The highest BCUT2D eigenvalue weighted by molar-refractivity contribution is 5.97. The minimum atomic E-state index is -0.595. The summed E-state index contributed by atoms with van der Waals surface area (Å²) in [6, 6.07) is 7.00. The molecule has 0 aliphatic carbocycles. The second kappa shape index (κ2) is 9.72. The molecule has 0 aromatic heterocycles. The van der Waals surface area contributed by atoms with Crippen molar-refractivity contribution < 1.29 is 19.1 Å². The van der Waals surface area contributed by atoms with Crippen LogP contribution in [-0.4, -0.2) is 44.8 Å². The average molecular weight is 372 g/mol. The number of nitrogens with one attached hydrogen (secondary N) is 2. The van der Waals surface area contributed by atoms with Gasteiger partial charge in [-0.3, -0.25) is 9.59 Å². The largest absolute Gasteiger partial charge is 0.381 e. The second-order valence-corrected chi connectivity index (χ2v) is 6.00. The van der Waals surface area contributed by atoms with Gasteiger partial charge in [0.1, 0.15) is 6.10 Å². The summed E-state index contributed by atoms with van der Waals surface area (Å²) in [5.41, 5.74) is 6.46. The summed E-state index contributed by atoms with van der Waals surface area (Å²) in [6.07, 6.45) is 0.666. The molecule has 1 aliphatic rings. The van der Waals surface area contributed by atoms with Gasteiger partial charge in [-0.1, -0.05) is 6.07 Å². The average Bonchev–Trinajstić information content (AvgIpc) is 2.61. The Hall–Kier alpha value is -1.67. The van der Waals surface area contributed by atoms with Crippen molar-refractivity contribution in [1.82, 2.24) is 0 Å². The smallest absolute Gasteiger partial charge is 0.253 e. The number of carbonyl (C=O) groups excluding carboxylic acids is 2. The molecule has 0 saturated carbocycles. The first-order valence-corrected chi connectivity index (χ1v) is 8.04. The van der Waals surface area contributed by atoms with E-state index in [1.54, 1.807) is 31.2 Å². The predicted molar refractivity (Wildman–Crippen MR) is 99.0 cm³/mol. The van der Waals surface area contributed by atoms with Crippen LogP contribution >= 0.6 is 12.4 Å².